The van der Waals surface area contributed by atoms with Gasteiger partial charge in [-0.15, -0.1) is 0 Å². The first kappa shape index (κ1) is 24.4. The second-order valence-corrected chi connectivity index (χ2v) is 14.3. The minimum absolute atomic E-state index is 0.219. The fraction of sp³-hybridized carbons (Fsp3) is 0.500. The lowest BCUT2D eigenvalue weighted by atomic mass is 10.3. The molecule has 0 saturated heterocycles. The molecule has 0 aliphatic rings. The van der Waals surface area contributed by atoms with E-state index in [0.29, 0.717) is 6.07 Å². The highest BCUT2D eigenvalue weighted by molar-refractivity contribution is 7.88. The number of benzene rings is 1. The van der Waals surface area contributed by atoms with Crippen molar-refractivity contribution < 1.29 is 56.3 Å². The molecule has 0 unspecified atom stereocenters. The summed E-state index contributed by atoms with van der Waals surface area (Å²) in [5.41, 5.74) is -11.9. The average Bonchev–Trinajstić information content (AvgIpc) is 2.44. The van der Waals surface area contributed by atoms with Crippen molar-refractivity contribution in [2.45, 2.75) is 30.7 Å². The van der Waals surface area contributed by atoms with Crippen LogP contribution in [0.1, 0.15) is 0 Å². The number of halogens is 6. The Hall–Kier alpha value is -1.68. The smallest absolute Gasteiger partial charge is 0.497 e. The Labute approximate surface area is 157 Å². The molecule has 0 fully saturated rings. The van der Waals surface area contributed by atoms with Gasteiger partial charge in [0.15, 0.2) is 11.5 Å². The van der Waals surface area contributed by atoms with E-state index in [9.17, 15) is 43.2 Å². The normalized spacial score (nSPS) is 13.9. The molecule has 0 radical (unpaired) electrons. The highest BCUT2D eigenvalue weighted by Gasteiger charge is 2.52. The quantitative estimate of drug-likeness (QED) is 0.270. The second kappa shape index (κ2) is 7.29. The van der Waals surface area contributed by atoms with Crippen LogP contribution < -0.4 is 18.3 Å². The number of ether oxygens (including phenoxy) is 1. The number of hydrogen-bond acceptors (Lipinski definition) is 7. The van der Waals surface area contributed by atoms with Gasteiger partial charge in [-0.25, -0.2) is 0 Å². The molecule has 0 amide bonds. The van der Waals surface area contributed by atoms with Crippen molar-refractivity contribution in [1.29, 1.82) is 0 Å². The molecule has 0 saturated carbocycles. The Bertz CT molecular complexity index is 946. The van der Waals surface area contributed by atoms with Crippen molar-refractivity contribution in [3.63, 3.8) is 0 Å². The van der Waals surface area contributed by atoms with Gasteiger partial charge in [0.1, 0.15) is 5.75 Å². The Kier molecular flexibility index (Phi) is 6.34. The fourth-order valence-corrected chi connectivity index (χ4v) is 4.69. The zero-order valence-electron chi connectivity index (χ0n) is 14.6. The van der Waals surface area contributed by atoms with Crippen LogP contribution in [0.3, 0.4) is 0 Å². The Balaban J connectivity index is 3.85. The zero-order chi connectivity index (χ0) is 22.3. The third-order valence-electron chi connectivity index (χ3n) is 3.01. The predicted molar refractivity (Wildman–Crippen MR) is 87.2 cm³/mol. The lowest BCUT2D eigenvalue weighted by molar-refractivity contribution is -0.0512. The van der Waals surface area contributed by atoms with Crippen LogP contribution in [0.25, 0.3) is 0 Å². The van der Waals surface area contributed by atoms with Gasteiger partial charge in [0.2, 0.25) is 0 Å². The summed E-state index contributed by atoms with van der Waals surface area (Å²) in [5.74, 6) is -2.95. The van der Waals surface area contributed by atoms with E-state index in [1.807, 2.05) is 0 Å². The topological polar surface area (TPSA) is 96.0 Å². The molecule has 0 aromatic heterocycles. The van der Waals surface area contributed by atoms with Gasteiger partial charge in [-0.05, 0) is 12.1 Å². The van der Waals surface area contributed by atoms with Crippen LogP contribution in [-0.2, 0) is 20.2 Å². The summed E-state index contributed by atoms with van der Waals surface area (Å²) in [5, 5.41) is -0.335. The molecule has 1 aromatic rings. The summed E-state index contributed by atoms with van der Waals surface area (Å²) in [4.78, 5) is 0. The van der Waals surface area contributed by atoms with Crippen LogP contribution in [0, 0.1) is 0 Å². The van der Waals surface area contributed by atoms with E-state index in [2.05, 4.69) is 8.37 Å². The van der Waals surface area contributed by atoms with Crippen LogP contribution in [0.4, 0.5) is 26.3 Å². The molecule has 0 spiro atoms. The molecule has 0 heterocycles. The van der Waals surface area contributed by atoms with Crippen molar-refractivity contribution >= 4 is 33.5 Å². The molecule has 7 nitrogen and oxygen atoms in total. The Morgan fingerprint density at radius 1 is 0.786 bits per heavy atom. The molecular formula is C12H14F6O7S2Si. The molecule has 162 valence electrons. The van der Waals surface area contributed by atoms with Gasteiger partial charge < -0.3 is 13.1 Å². The Morgan fingerprint density at radius 3 is 1.54 bits per heavy atom. The van der Waals surface area contributed by atoms with E-state index >= 15 is 0 Å². The molecule has 16 heteroatoms. The summed E-state index contributed by atoms with van der Waals surface area (Å²) < 4.78 is 134. The van der Waals surface area contributed by atoms with Crippen LogP contribution in [0.15, 0.2) is 12.1 Å². The highest BCUT2D eigenvalue weighted by Crippen LogP contribution is 2.38. The average molecular weight is 476 g/mol. The number of methoxy groups -OCH3 is 1. The Morgan fingerprint density at radius 2 is 1.18 bits per heavy atom. The molecule has 0 aliphatic carbocycles. The SMILES string of the molecule is COc1ccc(OS(=O)(=O)C(F)(F)F)c(OS(=O)(=O)C(F)(F)F)c1[Si](C)(C)C. The maximum Gasteiger partial charge on any atom is 0.534 e. The van der Waals surface area contributed by atoms with Crippen LogP contribution in [-0.4, -0.2) is 43.0 Å². The highest BCUT2D eigenvalue weighted by atomic mass is 32.2. The van der Waals surface area contributed by atoms with E-state index in [1.54, 1.807) is 0 Å². The van der Waals surface area contributed by atoms with Crippen molar-refractivity contribution in [2.24, 2.45) is 0 Å². The zero-order valence-corrected chi connectivity index (χ0v) is 17.2. The van der Waals surface area contributed by atoms with E-state index < -0.39 is 50.8 Å². The van der Waals surface area contributed by atoms with E-state index in [1.165, 1.54) is 19.6 Å². The van der Waals surface area contributed by atoms with Crippen LogP contribution >= 0.6 is 0 Å². The lowest BCUT2D eigenvalue weighted by Crippen LogP contribution is -2.42. The predicted octanol–water partition coefficient (Wildman–Crippen LogP) is 2.70. The third kappa shape index (κ3) is 5.02. The molecule has 1 rings (SSSR count). The largest absolute Gasteiger partial charge is 0.534 e. The summed E-state index contributed by atoms with van der Waals surface area (Å²) in [6.07, 6.45) is 0. The fourth-order valence-electron chi connectivity index (χ4n) is 1.90. The standard InChI is InChI=1S/C12H14F6O7S2Si/c1-23-8-6-5-7(24-26(19,20)11(13,14)15)9(10(8)28(2,3)4)25-27(21,22)12(16,17)18/h5-6H,1-4H3. The van der Waals surface area contributed by atoms with Gasteiger partial charge in [0.25, 0.3) is 0 Å². The molecule has 0 atom stereocenters. The first-order valence-electron chi connectivity index (χ1n) is 6.97. The van der Waals surface area contributed by atoms with Crippen molar-refractivity contribution in [3.05, 3.63) is 12.1 Å². The summed E-state index contributed by atoms with van der Waals surface area (Å²) in [7, 11) is -14.5. The maximum atomic E-state index is 12.7. The molecule has 28 heavy (non-hydrogen) atoms. The van der Waals surface area contributed by atoms with Gasteiger partial charge in [-0.1, -0.05) is 19.6 Å². The van der Waals surface area contributed by atoms with Gasteiger partial charge in [0, 0.05) is 5.19 Å². The van der Waals surface area contributed by atoms with Gasteiger partial charge >= 0.3 is 31.3 Å². The van der Waals surface area contributed by atoms with E-state index in [4.69, 9.17) is 4.74 Å². The van der Waals surface area contributed by atoms with Gasteiger partial charge in [-0.3, -0.25) is 0 Å². The molecule has 0 N–H and O–H groups in total. The maximum absolute atomic E-state index is 12.7. The minimum atomic E-state index is -6.36. The molecular weight excluding hydrogens is 462 g/mol. The van der Waals surface area contributed by atoms with Gasteiger partial charge in [-0.2, -0.15) is 43.2 Å². The van der Waals surface area contributed by atoms with Crippen molar-refractivity contribution in [1.82, 2.24) is 0 Å². The molecule has 0 bridgehead atoms. The second-order valence-electron chi connectivity index (χ2n) is 6.19. The first-order chi connectivity index (χ1) is 12.2. The van der Waals surface area contributed by atoms with Gasteiger partial charge in [0.05, 0.1) is 15.2 Å². The summed E-state index contributed by atoms with van der Waals surface area (Å²) in [6.45, 7) is 4.42. The van der Waals surface area contributed by atoms with E-state index in [0.717, 1.165) is 13.2 Å². The summed E-state index contributed by atoms with van der Waals surface area (Å²) in [6, 6.07) is 1.41. The summed E-state index contributed by atoms with van der Waals surface area (Å²) >= 11 is 0. The minimum Gasteiger partial charge on any atom is -0.497 e. The lowest BCUT2D eigenvalue weighted by Gasteiger charge is -2.25. The number of rotatable bonds is 6. The van der Waals surface area contributed by atoms with Crippen molar-refractivity contribution in [2.75, 3.05) is 7.11 Å². The number of hydrogen-bond donors (Lipinski definition) is 0. The monoisotopic (exact) mass is 476 g/mol. The van der Waals surface area contributed by atoms with Crippen molar-refractivity contribution in [3.8, 4) is 17.2 Å². The van der Waals surface area contributed by atoms with Crippen LogP contribution in [0.2, 0.25) is 19.6 Å². The third-order valence-corrected chi connectivity index (χ3v) is 6.91. The molecule has 1 aromatic carbocycles. The van der Waals surface area contributed by atoms with E-state index in [-0.39, 0.29) is 10.9 Å². The first-order valence-corrected chi connectivity index (χ1v) is 13.3. The molecule has 0 aliphatic heterocycles. The van der Waals surface area contributed by atoms with Crippen LogP contribution in [0.5, 0.6) is 17.2 Å². The number of alkyl halides is 6.